The van der Waals surface area contributed by atoms with Crippen LogP contribution < -0.4 is 5.73 Å². The Balaban J connectivity index is 2.22. The summed E-state index contributed by atoms with van der Waals surface area (Å²) in [6.45, 7) is 2.84. The standard InChI is InChI=1S/C14H21NO/c1-2-16-14(10-8-13(15)9-11-14)12-6-4-3-5-7-12/h3-7,13H,2,8-11,15H2,1H3. The van der Waals surface area contributed by atoms with Crippen molar-refractivity contribution in [2.45, 2.75) is 44.2 Å². The number of hydrogen-bond acceptors (Lipinski definition) is 2. The van der Waals surface area contributed by atoms with Gasteiger partial charge in [-0.1, -0.05) is 30.3 Å². The zero-order chi connectivity index (χ0) is 11.4. The first-order valence-electron chi connectivity index (χ1n) is 6.22. The quantitative estimate of drug-likeness (QED) is 0.848. The van der Waals surface area contributed by atoms with Gasteiger partial charge in [0.1, 0.15) is 0 Å². The van der Waals surface area contributed by atoms with Crippen molar-refractivity contribution in [1.29, 1.82) is 0 Å². The van der Waals surface area contributed by atoms with Gasteiger partial charge in [0.05, 0.1) is 5.60 Å². The third-order valence-corrected chi connectivity index (χ3v) is 3.56. The predicted octanol–water partition coefficient (Wildman–Crippen LogP) is 2.82. The summed E-state index contributed by atoms with van der Waals surface area (Å²) < 4.78 is 6.05. The first-order chi connectivity index (χ1) is 7.77. The van der Waals surface area contributed by atoms with Crippen LogP contribution in [0, 0.1) is 0 Å². The van der Waals surface area contributed by atoms with Crippen LogP contribution in [0.25, 0.3) is 0 Å². The topological polar surface area (TPSA) is 35.2 Å². The van der Waals surface area contributed by atoms with Crippen molar-refractivity contribution in [3.8, 4) is 0 Å². The van der Waals surface area contributed by atoms with Crippen molar-refractivity contribution < 1.29 is 4.74 Å². The zero-order valence-electron chi connectivity index (χ0n) is 9.99. The van der Waals surface area contributed by atoms with Crippen molar-refractivity contribution in [1.82, 2.24) is 0 Å². The van der Waals surface area contributed by atoms with E-state index in [4.69, 9.17) is 10.5 Å². The van der Waals surface area contributed by atoms with Crippen LogP contribution in [-0.4, -0.2) is 12.6 Å². The largest absolute Gasteiger partial charge is 0.371 e. The molecular formula is C14H21NO. The molecule has 2 rings (SSSR count). The van der Waals surface area contributed by atoms with Gasteiger partial charge in [-0.15, -0.1) is 0 Å². The number of ether oxygens (including phenoxy) is 1. The maximum Gasteiger partial charge on any atom is 0.0932 e. The number of rotatable bonds is 3. The molecule has 0 amide bonds. The van der Waals surface area contributed by atoms with Crippen LogP contribution >= 0.6 is 0 Å². The fraction of sp³-hybridized carbons (Fsp3) is 0.571. The number of hydrogen-bond donors (Lipinski definition) is 1. The molecule has 0 radical (unpaired) electrons. The van der Waals surface area contributed by atoms with E-state index in [9.17, 15) is 0 Å². The third-order valence-electron chi connectivity index (χ3n) is 3.56. The van der Waals surface area contributed by atoms with Gasteiger partial charge in [-0.3, -0.25) is 0 Å². The number of benzene rings is 1. The summed E-state index contributed by atoms with van der Waals surface area (Å²) in [4.78, 5) is 0. The summed E-state index contributed by atoms with van der Waals surface area (Å²) in [7, 11) is 0. The van der Waals surface area contributed by atoms with Crippen LogP contribution in [0.4, 0.5) is 0 Å². The first-order valence-corrected chi connectivity index (χ1v) is 6.22. The van der Waals surface area contributed by atoms with Gasteiger partial charge in [0, 0.05) is 12.6 Å². The monoisotopic (exact) mass is 219 g/mol. The van der Waals surface area contributed by atoms with Gasteiger partial charge in [-0.05, 0) is 38.2 Å². The van der Waals surface area contributed by atoms with E-state index in [1.54, 1.807) is 0 Å². The van der Waals surface area contributed by atoms with Crippen LogP contribution in [0.15, 0.2) is 30.3 Å². The molecule has 0 atom stereocenters. The van der Waals surface area contributed by atoms with E-state index in [1.807, 2.05) is 0 Å². The Morgan fingerprint density at radius 1 is 1.25 bits per heavy atom. The average molecular weight is 219 g/mol. The van der Waals surface area contributed by atoms with E-state index in [0.717, 1.165) is 32.3 Å². The van der Waals surface area contributed by atoms with E-state index in [2.05, 4.69) is 37.3 Å². The molecule has 0 heterocycles. The molecule has 16 heavy (non-hydrogen) atoms. The van der Waals surface area contributed by atoms with Crippen LogP contribution in [-0.2, 0) is 10.3 Å². The SMILES string of the molecule is CCOC1(c2ccccc2)CCC(N)CC1. The van der Waals surface area contributed by atoms with E-state index < -0.39 is 0 Å². The maximum atomic E-state index is 6.05. The molecule has 1 saturated carbocycles. The second-order valence-corrected chi connectivity index (χ2v) is 4.63. The van der Waals surface area contributed by atoms with Gasteiger partial charge in [0.25, 0.3) is 0 Å². The molecule has 0 aromatic heterocycles. The summed E-state index contributed by atoms with van der Waals surface area (Å²) >= 11 is 0. The molecule has 1 aliphatic carbocycles. The molecule has 1 aliphatic rings. The summed E-state index contributed by atoms with van der Waals surface area (Å²) in [5, 5.41) is 0. The highest BCUT2D eigenvalue weighted by Crippen LogP contribution is 2.39. The Kier molecular flexibility index (Phi) is 3.62. The lowest BCUT2D eigenvalue weighted by Gasteiger charge is -2.39. The molecule has 0 saturated heterocycles. The van der Waals surface area contributed by atoms with Crippen LogP contribution in [0.1, 0.15) is 38.2 Å². The summed E-state index contributed by atoms with van der Waals surface area (Å²) in [6.07, 6.45) is 4.22. The normalized spacial score (nSPS) is 30.2. The van der Waals surface area contributed by atoms with E-state index in [1.165, 1.54) is 5.56 Å². The lowest BCUT2D eigenvalue weighted by atomic mass is 9.77. The van der Waals surface area contributed by atoms with Crippen molar-refractivity contribution in [3.63, 3.8) is 0 Å². The molecular weight excluding hydrogens is 198 g/mol. The summed E-state index contributed by atoms with van der Waals surface area (Å²) in [5.74, 6) is 0. The zero-order valence-corrected chi connectivity index (χ0v) is 9.99. The Hall–Kier alpha value is -0.860. The highest BCUT2D eigenvalue weighted by Gasteiger charge is 2.36. The van der Waals surface area contributed by atoms with Gasteiger partial charge in [0.15, 0.2) is 0 Å². The fourth-order valence-electron chi connectivity index (χ4n) is 2.64. The van der Waals surface area contributed by atoms with E-state index in [0.29, 0.717) is 6.04 Å². The maximum absolute atomic E-state index is 6.05. The Morgan fingerprint density at radius 2 is 1.88 bits per heavy atom. The minimum atomic E-state index is -0.0775. The molecule has 1 aromatic carbocycles. The molecule has 2 heteroatoms. The second-order valence-electron chi connectivity index (χ2n) is 4.63. The van der Waals surface area contributed by atoms with Gasteiger partial charge in [-0.25, -0.2) is 0 Å². The predicted molar refractivity (Wildman–Crippen MR) is 66.2 cm³/mol. The van der Waals surface area contributed by atoms with Crippen LogP contribution in [0.3, 0.4) is 0 Å². The second kappa shape index (κ2) is 4.98. The first kappa shape index (κ1) is 11.6. The minimum Gasteiger partial charge on any atom is -0.371 e. The molecule has 0 bridgehead atoms. The van der Waals surface area contributed by atoms with Crippen molar-refractivity contribution in [2.24, 2.45) is 5.73 Å². The van der Waals surface area contributed by atoms with Crippen molar-refractivity contribution >= 4 is 0 Å². The molecule has 2 nitrogen and oxygen atoms in total. The van der Waals surface area contributed by atoms with Crippen LogP contribution in [0.2, 0.25) is 0 Å². The molecule has 1 fully saturated rings. The highest BCUT2D eigenvalue weighted by molar-refractivity contribution is 5.23. The summed E-state index contributed by atoms with van der Waals surface area (Å²) in [5.41, 5.74) is 7.21. The molecule has 88 valence electrons. The van der Waals surface area contributed by atoms with Crippen molar-refractivity contribution in [3.05, 3.63) is 35.9 Å². The highest BCUT2D eigenvalue weighted by atomic mass is 16.5. The Bertz CT molecular complexity index is 315. The lowest BCUT2D eigenvalue weighted by Crippen LogP contribution is -2.39. The molecule has 2 N–H and O–H groups in total. The van der Waals surface area contributed by atoms with Crippen molar-refractivity contribution in [2.75, 3.05) is 6.61 Å². The molecule has 0 spiro atoms. The molecule has 1 aromatic rings. The minimum absolute atomic E-state index is 0.0775. The van der Waals surface area contributed by atoms with Gasteiger partial charge < -0.3 is 10.5 Å². The molecule has 0 aliphatic heterocycles. The average Bonchev–Trinajstić information content (AvgIpc) is 2.34. The fourth-order valence-corrected chi connectivity index (χ4v) is 2.64. The lowest BCUT2D eigenvalue weighted by molar-refractivity contribution is -0.0730. The van der Waals surface area contributed by atoms with Crippen LogP contribution in [0.5, 0.6) is 0 Å². The third kappa shape index (κ3) is 2.28. The Morgan fingerprint density at radius 3 is 2.44 bits per heavy atom. The van der Waals surface area contributed by atoms with Gasteiger partial charge in [-0.2, -0.15) is 0 Å². The van der Waals surface area contributed by atoms with Gasteiger partial charge >= 0.3 is 0 Å². The van der Waals surface area contributed by atoms with E-state index in [-0.39, 0.29) is 5.60 Å². The smallest absolute Gasteiger partial charge is 0.0932 e. The van der Waals surface area contributed by atoms with Gasteiger partial charge in [0.2, 0.25) is 0 Å². The van der Waals surface area contributed by atoms with E-state index >= 15 is 0 Å². The number of nitrogens with two attached hydrogens (primary N) is 1. The summed E-state index contributed by atoms with van der Waals surface area (Å²) in [6, 6.07) is 10.9. The Labute approximate surface area is 97.8 Å². The molecule has 0 unspecified atom stereocenters.